The number of anilines is 1. The van der Waals surface area contributed by atoms with E-state index in [-0.39, 0.29) is 9.92 Å². The van der Waals surface area contributed by atoms with E-state index in [4.69, 9.17) is 16.9 Å². The minimum atomic E-state index is -3.82. The lowest BCUT2D eigenvalue weighted by molar-refractivity contribution is 0.601. The van der Waals surface area contributed by atoms with Gasteiger partial charge in [0.15, 0.2) is 0 Å². The molecule has 1 N–H and O–H groups in total. The number of nitrogens with one attached hydrogen (secondary N) is 1. The summed E-state index contributed by atoms with van der Waals surface area (Å²) >= 11 is 5.90. The van der Waals surface area contributed by atoms with Gasteiger partial charge in [-0.05, 0) is 36.8 Å². The molecule has 0 bridgehead atoms. The molecule has 0 fully saturated rings. The lowest BCUT2D eigenvalue weighted by Crippen LogP contribution is -2.13. The van der Waals surface area contributed by atoms with Crippen molar-refractivity contribution in [2.75, 3.05) is 4.72 Å². The average molecular weight is 308 g/mol. The van der Waals surface area contributed by atoms with E-state index in [1.807, 2.05) is 6.07 Å². The summed E-state index contributed by atoms with van der Waals surface area (Å²) in [6.45, 7) is 1.81. The topological polar surface area (TPSA) is 82.8 Å². The molecule has 0 radical (unpaired) electrons. The van der Waals surface area contributed by atoms with E-state index in [0.29, 0.717) is 11.3 Å². The van der Waals surface area contributed by atoms with Crippen LogP contribution in [-0.4, -0.2) is 13.4 Å². The number of hydrogen-bond acceptors (Lipinski definition) is 4. The summed E-state index contributed by atoms with van der Waals surface area (Å²) in [5.41, 5.74) is 1.48. The Hall–Kier alpha value is -2.10. The van der Waals surface area contributed by atoms with Crippen LogP contribution >= 0.6 is 11.6 Å². The Morgan fingerprint density at radius 1 is 1.30 bits per heavy atom. The predicted molar refractivity (Wildman–Crippen MR) is 75.9 cm³/mol. The largest absolute Gasteiger partial charge is 0.278 e. The molecule has 0 aliphatic heterocycles. The van der Waals surface area contributed by atoms with Gasteiger partial charge < -0.3 is 0 Å². The van der Waals surface area contributed by atoms with Crippen molar-refractivity contribution in [2.24, 2.45) is 0 Å². The van der Waals surface area contributed by atoms with Gasteiger partial charge in [-0.15, -0.1) is 0 Å². The number of nitrogens with zero attached hydrogens (tertiary/aromatic N) is 2. The molecule has 1 heterocycles. The third-order valence-electron chi connectivity index (χ3n) is 2.48. The van der Waals surface area contributed by atoms with Gasteiger partial charge in [-0.25, -0.2) is 8.42 Å². The third kappa shape index (κ3) is 3.07. The number of sulfonamides is 1. The first kappa shape index (κ1) is 14.3. The maximum absolute atomic E-state index is 12.2. The van der Waals surface area contributed by atoms with Gasteiger partial charge in [0.2, 0.25) is 0 Å². The molecule has 0 saturated carbocycles. The summed E-state index contributed by atoms with van der Waals surface area (Å²) < 4.78 is 26.9. The quantitative estimate of drug-likeness (QED) is 0.945. The average Bonchev–Trinajstić information content (AvgIpc) is 2.37. The summed E-state index contributed by atoms with van der Waals surface area (Å²) in [4.78, 5) is 3.83. The van der Waals surface area contributed by atoms with Crippen molar-refractivity contribution in [3.63, 3.8) is 0 Å². The highest BCUT2D eigenvalue weighted by atomic mass is 35.5. The minimum Gasteiger partial charge on any atom is -0.278 e. The van der Waals surface area contributed by atoms with Gasteiger partial charge in [-0.2, -0.15) is 5.26 Å². The molecule has 0 aliphatic rings. The first-order chi connectivity index (χ1) is 9.42. The SMILES string of the molecule is Cc1cncc(NS(=O)(=O)c2ccc(C#N)cc2Cl)c1. The van der Waals surface area contributed by atoms with Gasteiger partial charge in [-0.1, -0.05) is 11.6 Å². The summed E-state index contributed by atoms with van der Waals surface area (Å²) in [5, 5.41) is 8.74. The zero-order chi connectivity index (χ0) is 14.8. The van der Waals surface area contributed by atoms with E-state index >= 15 is 0 Å². The van der Waals surface area contributed by atoms with Crippen LogP contribution in [0.1, 0.15) is 11.1 Å². The van der Waals surface area contributed by atoms with Crippen LogP contribution in [0.15, 0.2) is 41.6 Å². The Morgan fingerprint density at radius 3 is 2.65 bits per heavy atom. The molecule has 7 heteroatoms. The molecular weight excluding hydrogens is 298 g/mol. The fourth-order valence-corrected chi connectivity index (χ4v) is 3.19. The van der Waals surface area contributed by atoms with Crippen LogP contribution in [0.25, 0.3) is 0 Å². The van der Waals surface area contributed by atoms with Crippen molar-refractivity contribution < 1.29 is 8.42 Å². The molecule has 1 aromatic heterocycles. The molecule has 0 aliphatic carbocycles. The van der Waals surface area contributed by atoms with Crippen molar-refractivity contribution in [1.29, 1.82) is 5.26 Å². The number of aryl methyl sites for hydroxylation is 1. The normalized spacial score (nSPS) is 10.8. The van der Waals surface area contributed by atoms with Gasteiger partial charge in [0.25, 0.3) is 10.0 Å². The number of benzene rings is 1. The van der Waals surface area contributed by atoms with Crippen LogP contribution in [0.4, 0.5) is 5.69 Å². The molecule has 20 heavy (non-hydrogen) atoms. The van der Waals surface area contributed by atoms with Gasteiger partial charge >= 0.3 is 0 Å². The number of halogens is 1. The second-order valence-electron chi connectivity index (χ2n) is 4.11. The van der Waals surface area contributed by atoms with Gasteiger partial charge in [0.1, 0.15) is 4.90 Å². The van der Waals surface area contributed by atoms with E-state index < -0.39 is 10.0 Å². The van der Waals surface area contributed by atoms with Crippen molar-refractivity contribution in [1.82, 2.24) is 4.98 Å². The molecule has 0 saturated heterocycles. The first-order valence-corrected chi connectivity index (χ1v) is 7.42. The summed E-state index contributed by atoms with van der Waals surface area (Å²) in [6, 6.07) is 7.55. The molecule has 0 unspecified atom stereocenters. The van der Waals surface area contributed by atoms with E-state index in [9.17, 15) is 8.42 Å². The van der Waals surface area contributed by atoms with Crippen LogP contribution in [-0.2, 0) is 10.0 Å². The number of rotatable bonds is 3. The number of pyridine rings is 1. The predicted octanol–water partition coefficient (Wildman–Crippen LogP) is 2.72. The molecule has 0 amide bonds. The summed E-state index contributed by atoms with van der Waals surface area (Å²) in [7, 11) is -3.82. The lowest BCUT2D eigenvalue weighted by atomic mass is 10.2. The molecule has 2 rings (SSSR count). The van der Waals surface area contributed by atoms with E-state index in [2.05, 4.69) is 9.71 Å². The monoisotopic (exact) mass is 307 g/mol. The zero-order valence-corrected chi connectivity index (χ0v) is 12.0. The molecule has 5 nitrogen and oxygen atoms in total. The molecule has 0 spiro atoms. The number of aromatic nitrogens is 1. The van der Waals surface area contributed by atoms with Crippen LogP contribution < -0.4 is 4.72 Å². The van der Waals surface area contributed by atoms with E-state index in [0.717, 1.165) is 5.56 Å². The molecular formula is C13H10ClN3O2S. The number of hydrogen-bond donors (Lipinski definition) is 1. The van der Waals surface area contributed by atoms with Crippen molar-refractivity contribution in [3.8, 4) is 6.07 Å². The Bertz CT molecular complexity index is 798. The van der Waals surface area contributed by atoms with Crippen LogP contribution in [0.3, 0.4) is 0 Å². The maximum Gasteiger partial charge on any atom is 0.263 e. The Balaban J connectivity index is 2.39. The van der Waals surface area contributed by atoms with Crippen LogP contribution in [0.5, 0.6) is 0 Å². The Kier molecular flexibility index (Phi) is 3.93. The minimum absolute atomic E-state index is 0.00263. The fourth-order valence-electron chi connectivity index (χ4n) is 1.61. The van der Waals surface area contributed by atoms with Gasteiger partial charge in [0.05, 0.1) is 28.5 Å². The highest BCUT2D eigenvalue weighted by Crippen LogP contribution is 2.24. The lowest BCUT2D eigenvalue weighted by Gasteiger charge is -2.09. The Morgan fingerprint density at radius 2 is 2.05 bits per heavy atom. The Labute approximate surface area is 121 Å². The van der Waals surface area contributed by atoms with Crippen molar-refractivity contribution in [3.05, 3.63) is 52.8 Å². The fraction of sp³-hybridized carbons (Fsp3) is 0.0769. The van der Waals surface area contributed by atoms with Gasteiger partial charge in [0, 0.05) is 6.20 Å². The van der Waals surface area contributed by atoms with Gasteiger partial charge in [-0.3, -0.25) is 9.71 Å². The van der Waals surface area contributed by atoms with Crippen LogP contribution in [0, 0.1) is 18.3 Å². The molecule has 0 atom stereocenters. The van der Waals surface area contributed by atoms with E-state index in [1.54, 1.807) is 19.2 Å². The second kappa shape index (κ2) is 5.49. The number of nitriles is 1. The highest BCUT2D eigenvalue weighted by Gasteiger charge is 2.18. The van der Waals surface area contributed by atoms with Crippen molar-refractivity contribution >= 4 is 27.3 Å². The standard InChI is InChI=1S/C13H10ClN3O2S/c1-9-4-11(8-16-7-9)17-20(18,19)13-3-2-10(6-15)5-12(13)14/h2-5,7-8,17H,1H3. The second-order valence-corrected chi connectivity index (χ2v) is 6.17. The molecule has 102 valence electrons. The third-order valence-corrected chi connectivity index (χ3v) is 4.34. The highest BCUT2D eigenvalue weighted by molar-refractivity contribution is 7.92. The molecule has 1 aromatic carbocycles. The maximum atomic E-state index is 12.2. The first-order valence-electron chi connectivity index (χ1n) is 5.56. The molecule has 2 aromatic rings. The summed E-state index contributed by atoms with van der Waals surface area (Å²) in [6.07, 6.45) is 3.02. The zero-order valence-electron chi connectivity index (χ0n) is 10.5. The summed E-state index contributed by atoms with van der Waals surface area (Å²) in [5.74, 6) is 0. The van der Waals surface area contributed by atoms with E-state index in [1.165, 1.54) is 24.4 Å². The van der Waals surface area contributed by atoms with Crippen molar-refractivity contribution in [2.45, 2.75) is 11.8 Å². The smallest absolute Gasteiger partial charge is 0.263 e. The van der Waals surface area contributed by atoms with Crippen LogP contribution in [0.2, 0.25) is 5.02 Å².